The number of carbonyl (C=O) groups excluding carboxylic acids is 2. The van der Waals surface area contributed by atoms with Crippen molar-refractivity contribution >= 4 is 23.2 Å². The third kappa shape index (κ3) is 5.14. The highest BCUT2D eigenvalue weighted by Crippen LogP contribution is 2.35. The van der Waals surface area contributed by atoms with Crippen molar-refractivity contribution in [3.8, 4) is 0 Å². The fraction of sp³-hybridized carbons (Fsp3) is 0.440. The van der Waals surface area contributed by atoms with Crippen LogP contribution >= 0.6 is 0 Å². The van der Waals surface area contributed by atoms with Crippen molar-refractivity contribution in [2.24, 2.45) is 0 Å². The molecule has 2 amide bonds. The minimum Gasteiger partial charge on any atom is -0.360 e. The van der Waals surface area contributed by atoms with Gasteiger partial charge >= 0.3 is 0 Å². The van der Waals surface area contributed by atoms with E-state index in [0.717, 1.165) is 44.6 Å². The number of piperidine rings is 1. The van der Waals surface area contributed by atoms with Gasteiger partial charge in [0.1, 0.15) is 6.10 Å². The fourth-order valence-electron chi connectivity index (χ4n) is 4.61. The second-order valence-corrected chi connectivity index (χ2v) is 8.68. The van der Waals surface area contributed by atoms with Crippen molar-refractivity contribution in [2.75, 3.05) is 36.4 Å². The Hall–Kier alpha value is -2.70. The molecule has 2 aliphatic heterocycles. The highest BCUT2D eigenvalue weighted by Gasteiger charge is 2.45. The van der Waals surface area contributed by atoms with E-state index in [0.29, 0.717) is 12.2 Å². The SMILES string of the molecule is CC(=O)Nc1cccc(N2CC3(CCN(CCc4ccccc4)CC3)OC(C)C2=O)c1. The number of hydrogen-bond acceptors (Lipinski definition) is 4. The highest BCUT2D eigenvalue weighted by molar-refractivity contribution is 5.98. The maximum Gasteiger partial charge on any atom is 0.255 e. The lowest BCUT2D eigenvalue weighted by molar-refractivity contribution is -0.161. The molecule has 0 aliphatic carbocycles. The molecule has 6 heteroatoms. The predicted molar refractivity (Wildman–Crippen MR) is 122 cm³/mol. The average molecular weight is 422 g/mol. The molecule has 1 spiro atoms. The van der Waals surface area contributed by atoms with E-state index < -0.39 is 6.10 Å². The number of nitrogens with zero attached hydrogens (tertiary/aromatic N) is 2. The van der Waals surface area contributed by atoms with Crippen LogP contribution < -0.4 is 10.2 Å². The van der Waals surface area contributed by atoms with Gasteiger partial charge in [0.15, 0.2) is 0 Å². The topological polar surface area (TPSA) is 61.9 Å². The van der Waals surface area contributed by atoms with E-state index in [1.165, 1.54) is 12.5 Å². The molecule has 6 nitrogen and oxygen atoms in total. The zero-order chi connectivity index (χ0) is 21.8. The summed E-state index contributed by atoms with van der Waals surface area (Å²) in [5.41, 5.74) is 2.54. The van der Waals surface area contributed by atoms with E-state index in [1.807, 2.05) is 36.1 Å². The van der Waals surface area contributed by atoms with Crippen molar-refractivity contribution in [1.82, 2.24) is 4.90 Å². The Morgan fingerprint density at radius 2 is 1.87 bits per heavy atom. The number of anilines is 2. The van der Waals surface area contributed by atoms with Gasteiger partial charge in [0.25, 0.3) is 5.91 Å². The molecule has 164 valence electrons. The smallest absolute Gasteiger partial charge is 0.255 e. The molecule has 2 aliphatic rings. The average Bonchev–Trinajstić information content (AvgIpc) is 2.76. The molecule has 2 heterocycles. The third-order valence-electron chi connectivity index (χ3n) is 6.29. The summed E-state index contributed by atoms with van der Waals surface area (Å²) in [7, 11) is 0. The Morgan fingerprint density at radius 1 is 1.13 bits per heavy atom. The monoisotopic (exact) mass is 421 g/mol. The summed E-state index contributed by atoms with van der Waals surface area (Å²) in [5, 5.41) is 2.80. The van der Waals surface area contributed by atoms with Crippen molar-refractivity contribution in [1.29, 1.82) is 0 Å². The van der Waals surface area contributed by atoms with Gasteiger partial charge in [0.2, 0.25) is 5.91 Å². The Labute approximate surface area is 184 Å². The van der Waals surface area contributed by atoms with E-state index in [4.69, 9.17) is 4.74 Å². The van der Waals surface area contributed by atoms with Crippen LogP contribution in [0, 0.1) is 0 Å². The first-order valence-electron chi connectivity index (χ1n) is 11.1. The molecule has 1 unspecified atom stereocenters. The van der Waals surface area contributed by atoms with E-state index in [1.54, 1.807) is 0 Å². The summed E-state index contributed by atoms with van der Waals surface area (Å²) in [5.74, 6) is -0.157. The van der Waals surface area contributed by atoms with E-state index in [9.17, 15) is 9.59 Å². The van der Waals surface area contributed by atoms with Crippen molar-refractivity contribution < 1.29 is 14.3 Å². The standard InChI is InChI=1S/C25H31N3O3/c1-19-24(30)28(23-10-6-9-22(17-23)26-20(2)29)18-25(31-19)12-15-27(16-13-25)14-11-21-7-4-3-5-8-21/h3-10,17,19H,11-16,18H2,1-2H3,(H,26,29). The number of rotatable bonds is 5. The largest absolute Gasteiger partial charge is 0.360 e. The van der Waals surface area contributed by atoms with Crippen LogP contribution in [0.2, 0.25) is 0 Å². The van der Waals surface area contributed by atoms with E-state index in [2.05, 4.69) is 40.5 Å². The number of nitrogens with one attached hydrogen (secondary N) is 1. The molecule has 0 bridgehead atoms. The molecule has 2 saturated heterocycles. The summed E-state index contributed by atoms with van der Waals surface area (Å²) in [4.78, 5) is 28.7. The van der Waals surface area contributed by atoms with Crippen LogP contribution in [0.5, 0.6) is 0 Å². The zero-order valence-corrected chi connectivity index (χ0v) is 18.3. The molecule has 0 saturated carbocycles. The summed E-state index contributed by atoms with van der Waals surface area (Å²) in [6.45, 7) is 6.84. The van der Waals surface area contributed by atoms with Gasteiger partial charge in [-0.25, -0.2) is 0 Å². The molecule has 1 N–H and O–H groups in total. The minimum atomic E-state index is -0.478. The predicted octanol–water partition coefficient (Wildman–Crippen LogP) is 3.47. The molecule has 1 atom stereocenters. The number of morpholine rings is 1. The van der Waals surface area contributed by atoms with Crippen LogP contribution in [0.1, 0.15) is 32.3 Å². The minimum absolute atomic E-state index is 0.0305. The molecular weight excluding hydrogens is 390 g/mol. The van der Waals surface area contributed by atoms with Crippen LogP contribution in [0.15, 0.2) is 54.6 Å². The molecule has 2 aromatic rings. The molecule has 4 rings (SSSR count). The van der Waals surface area contributed by atoms with Gasteiger partial charge in [0, 0.05) is 37.9 Å². The number of benzene rings is 2. The summed E-state index contributed by atoms with van der Waals surface area (Å²) < 4.78 is 6.30. The Bertz CT molecular complexity index is 923. The first-order valence-corrected chi connectivity index (χ1v) is 11.1. The van der Waals surface area contributed by atoms with Crippen LogP contribution in [0.3, 0.4) is 0 Å². The second kappa shape index (κ2) is 9.20. The summed E-state index contributed by atoms with van der Waals surface area (Å²) in [6.07, 6.45) is 2.38. The van der Waals surface area contributed by atoms with Gasteiger partial charge in [-0.1, -0.05) is 36.4 Å². The van der Waals surface area contributed by atoms with Gasteiger partial charge in [-0.3, -0.25) is 9.59 Å². The molecular formula is C25H31N3O3. The maximum atomic E-state index is 12.9. The lowest BCUT2D eigenvalue weighted by Crippen LogP contribution is -2.61. The number of carbonyl (C=O) groups is 2. The molecule has 0 radical (unpaired) electrons. The first kappa shape index (κ1) is 21.5. The van der Waals surface area contributed by atoms with Gasteiger partial charge in [-0.15, -0.1) is 0 Å². The number of likely N-dealkylation sites (tertiary alicyclic amines) is 1. The Kier molecular flexibility index (Phi) is 6.39. The number of hydrogen-bond donors (Lipinski definition) is 1. The summed E-state index contributed by atoms with van der Waals surface area (Å²) in [6, 6.07) is 18.1. The van der Waals surface area contributed by atoms with E-state index >= 15 is 0 Å². The maximum absolute atomic E-state index is 12.9. The Balaban J connectivity index is 1.42. The van der Waals surface area contributed by atoms with Gasteiger partial charge < -0.3 is 19.9 Å². The van der Waals surface area contributed by atoms with Gasteiger partial charge in [0.05, 0.1) is 12.1 Å². The fourth-order valence-corrected chi connectivity index (χ4v) is 4.61. The molecule has 0 aromatic heterocycles. The normalized spacial score (nSPS) is 21.3. The van der Waals surface area contributed by atoms with E-state index in [-0.39, 0.29) is 17.4 Å². The quantitative estimate of drug-likeness (QED) is 0.803. The van der Waals surface area contributed by atoms with Crippen LogP contribution in [0.4, 0.5) is 11.4 Å². The van der Waals surface area contributed by atoms with Gasteiger partial charge in [-0.2, -0.15) is 0 Å². The first-order chi connectivity index (χ1) is 14.9. The zero-order valence-electron chi connectivity index (χ0n) is 18.3. The number of amides is 2. The van der Waals surface area contributed by atoms with Crippen molar-refractivity contribution in [3.05, 3.63) is 60.2 Å². The van der Waals surface area contributed by atoms with Crippen molar-refractivity contribution in [2.45, 2.75) is 44.8 Å². The van der Waals surface area contributed by atoms with Crippen LogP contribution in [0.25, 0.3) is 0 Å². The lowest BCUT2D eigenvalue weighted by atomic mass is 9.88. The molecule has 2 fully saturated rings. The number of ether oxygens (including phenoxy) is 1. The Morgan fingerprint density at radius 3 is 2.58 bits per heavy atom. The van der Waals surface area contributed by atoms with Gasteiger partial charge in [-0.05, 0) is 49.9 Å². The summed E-state index contributed by atoms with van der Waals surface area (Å²) >= 11 is 0. The second-order valence-electron chi connectivity index (χ2n) is 8.68. The highest BCUT2D eigenvalue weighted by atomic mass is 16.5. The molecule has 31 heavy (non-hydrogen) atoms. The lowest BCUT2D eigenvalue weighted by Gasteiger charge is -2.49. The van der Waals surface area contributed by atoms with Crippen molar-refractivity contribution in [3.63, 3.8) is 0 Å². The van der Waals surface area contributed by atoms with Crippen LogP contribution in [-0.4, -0.2) is 54.6 Å². The van der Waals surface area contributed by atoms with Crippen LogP contribution in [-0.2, 0) is 20.7 Å². The third-order valence-corrected chi connectivity index (χ3v) is 6.29. The molecule has 2 aromatic carbocycles.